The molecule has 10 rings (SSSR count). The van der Waals surface area contributed by atoms with Crippen LogP contribution < -0.4 is 0 Å². The summed E-state index contributed by atoms with van der Waals surface area (Å²) in [5.74, 6) is 0.718. The van der Waals surface area contributed by atoms with Crippen LogP contribution in [0.5, 0.6) is 0 Å². The molecule has 0 heterocycles. The van der Waals surface area contributed by atoms with E-state index in [4.69, 9.17) is 0 Å². The van der Waals surface area contributed by atoms with Crippen LogP contribution in [-0.2, 0) is 16.2 Å². The van der Waals surface area contributed by atoms with Crippen molar-refractivity contribution in [3.05, 3.63) is 358 Å². The highest BCUT2D eigenvalue weighted by atomic mass is 14.3. The lowest BCUT2D eigenvalue weighted by molar-refractivity contribution is 0.637. The van der Waals surface area contributed by atoms with Crippen LogP contribution in [0.2, 0.25) is 0 Å². The first-order valence-electron chi connectivity index (χ1n) is 41.2. The Labute approximate surface area is 645 Å². The van der Waals surface area contributed by atoms with Crippen LogP contribution >= 0.6 is 0 Å². The van der Waals surface area contributed by atoms with Crippen molar-refractivity contribution in [2.45, 2.75) is 291 Å². The van der Waals surface area contributed by atoms with E-state index in [1.54, 1.807) is 0 Å². The van der Waals surface area contributed by atoms with Gasteiger partial charge in [-0.3, -0.25) is 0 Å². The molecule has 0 nitrogen and oxygen atoms in total. The largest absolute Gasteiger partial charge is 0.0683 e. The predicted molar refractivity (Wildman–Crippen MR) is 484 cm³/mol. The minimum Gasteiger partial charge on any atom is -0.0683 e. The van der Waals surface area contributed by atoms with Gasteiger partial charge < -0.3 is 0 Å². The smallest absolute Gasteiger partial charge is 0.0423 e. The normalized spacial score (nSPS) is 8.84. The highest BCUT2D eigenvalue weighted by Crippen LogP contribution is 2.41. The summed E-state index contributed by atoms with van der Waals surface area (Å²) >= 11 is 0. The second kappa shape index (κ2) is 83.1. The molecule has 576 valence electrons. The lowest BCUT2D eigenvalue weighted by Gasteiger charge is -2.33. The number of rotatable bonds is 13. The Hall–Kier alpha value is -7.80. The van der Waals surface area contributed by atoms with Crippen LogP contribution in [-0.4, -0.2) is 0 Å². The average Bonchev–Trinajstić information content (AvgIpc) is 0.764. The van der Waals surface area contributed by atoms with Gasteiger partial charge in [0.05, 0.1) is 0 Å². The number of hydrogen-bond donors (Lipinski definition) is 0. The Morgan fingerprint density at radius 2 is 0.272 bits per heavy atom. The maximum atomic E-state index is 2.33. The summed E-state index contributed by atoms with van der Waals surface area (Å²) in [6, 6.07) is 106. The van der Waals surface area contributed by atoms with Crippen molar-refractivity contribution < 1.29 is 0 Å². The molecule has 103 heavy (non-hydrogen) atoms. The van der Waals surface area contributed by atoms with Gasteiger partial charge in [0, 0.05) is 28.1 Å². The second-order valence-corrected chi connectivity index (χ2v) is 19.8. The molecule has 10 aromatic rings. The van der Waals surface area contributed by atoms with Crippen LogP contribution in [0.3, 0.4) is 0 Å². The van der Waals surface area contributed by atoms with Crippen LogP contribution in [0.15, 0.2) is 297 Å². The predicted octanol–water partition coefficient (Wildman–Crippen LogP) is 34.8. The molecule has 0 aliphatic carbocycles. The zero-order chi connectivity index (χ0) is 81.4. The van der Waals surface area contributed by atoms with Crippen molar-refractivity contribution in [2.75, 3.05) is 0 Å². The zero-order valence-corrected chi connectivity index (χ0v) is 74.2. The monoisotopic (exact) mass is 1400 g/mol. The maximum Gasteiger partial charge on any atom is 0.0423 e. The Balaban J connectivity index is -0.000000157. The van der Waals surface area contributed by atoms with E-state index in [2.05, 4.69) is 332 Å². The van der Waals surface area contributed by atoms with Crippen molar-refractivity contribution in [2.24, 2.45) is 0 Å². The Kier molecular flexibility index (Phi) is 91.8. The molecule has 0 aromatic heterocycles. The van der Waals surface area contributed by atoms with Crippen molar-refractivity contribution >= 4 is 0 Å². The highest BCUT2D eigenvalue weighted by Gasteiger charge is 2.32. The van der Waals surface area contributed by atoms with Gasteiger partial charge in [-0.1, -0.05) is 547 Å². The third-order valence-electron chi connectivity index (χ3n) is 14.7. The first-order valence-corrected chi connectivity index (χ1v) is 41.2. The van der Waals surface area contributed by atoms with Crippen LogP contribution in [0.1, 0.15) is 336 Å². The van der Waals surface area contributed by atoms with Crippen LogP contribution in [0.25, 0.3) is 0 Å². The molecule has 0 aliphatic rings. The molecule has 0 radical (unpaired) electrons. The molecule has 0 fully saturated rings. The fourth-order valence-corrected chi connectivity index (χ4v) is 10.1. The molecule has 0 spiro atoms. The van der Waals surface area contributed by atoms with Gasteiger partial charge in [0.15, 0.2) is 0 Å². The van der Waals surface area contributed by atoms with E-state index in [9.17, 15) is 0 Å². The van der Waals surface area contributed by atoms with Gasteiger partial charge in [-0.15, -0.1) is 0 Å². The van der Waals surface area contributed by atoms with E-state index >= 15 is 0 Å². The summed E-state index contributed by atoms with van der Waals surface area (Å²) in [4.78, 5) is 0. The first kappa shape index (κ1) is 114. The van der Waals surface area contributed by atoms with E-state index in [1.807, 2.05) is 222 Å². The lowest BCUT2D eigenvalue weighted by atomic mass is 9.70. The van der Waals surface area contributed by atoms with E-state index < -0.39 is 0 Å². The van der Waals surface area contributed by atoms with Crippen LogP contribution in [0, 0.1) is 0 Å². The summed E-state index contributed by atoms with van der Waals surface area (Å²) in [6.45, 7) is 75.4. The zero-order valence-electron chi connectivity index (χ0n) is 74.2. The van der Waals surface area contributed by atoms with E-state index in [1.165, 1.54) is 61.2 Å². The van der Waals surface area contributed by atoms with Gasteiger partial charge in [-0.2, -0.15) is 0 Å². The van der Waals surface area contributed by atoms with Gasteiger partial charge in [0.25, 0.3) is 0 Å². The topological polar surface area (TPSA) is 0 Å². The van der Waals surface area contributed by atoms with Gasteiger partial charge >= 0.3 is 0 Å². The van der Waals surface area contributed by atoms with E-state index in [0.29, 0.717) is 11.8 Å². The Morgan fingerprint density at radius 3 is 0.437 bits per heavy atom. The van der Waals surface area contributed by atoms with Gasteiger partial charge in [0.1, 0.15) is 0 Å². The molecule has 0 atom stereocenters. The summed E-state index contributed by atoms with van der Waals surface area (Å²) in [5.41, 5.74) is 14.7. The SMILES string of the molecule is CC.CC.CC.CC.CC.CC.CC.CC.CC.CC.CC.CC.CC.CC.CC.CC.CC(C)(c1ccccc1)c1ccc(C(C)(c2ccccc2)c2ccccc2)cc1.CC(C)(c1ccccc1)c1ccccc1.c1ccc(C(CC(c2ccccc2)c2ccccc2)c2ccccc2)cc1. The molecule has 0 unspecified atom stereocenters. The van der Waals surface area contributed by atoms with Crippen molar-refractivity contribution in [3.8, 4) is 0 Å². The lowest BCUT2D eigenvalue weighted by Crippen LogP contribution is -2.26. The molecular weight excluding hydrogens is 1240 g/mol. The summed E-state index contributed by atoms with van der Waals surface area (Å²) in [7, 11) is 0. The maximum absolute atomic E-state index is 2.33. The molecule has 0 bridgehead atoms. The van der Waals surface area contributed by atoms with E-state index in [-0.39, 0.29) is 16.2 Å². The van der Waals surface area contributed by atoms with E-state index in [0.717, 1.165) is 6.42 Å². The van der Waals surface area contributed by atoms with Crippen molar-refractivity contribution in [1.29, 1.82) is 0 Å². The van der Waals surface area contributed by atoms with Crippen molar-refractivity contribution in [3.63, 3.8) is 0 Å². The second-order valence-electron chi connectivity index (χ2n) is 19.8. The molecule has 0 saturated heterocycles. The van der Waals surface area contributed by atoms with Gasteiger partial charge in [0.2, 0.25) is 0 Å². The summed E-state index contributed by atoms with van der Waals surface area (Å²) in [6.07, 6.45) is 1.04. The quantitative estimate of drug-likeness (QED) is 0.101. The third kappa shape index (κ3) is 43.2. The Bertz CT molecular complexity index is 2800. The molecule has 0 aliphatic heterocycles. The average molecular weight is 1400 g/mol. The minimum atomic E-state index is -0.196. The number of hydrogen-bond acceptors (Lipinski definition) is 0. The molecule has 0 N–H and O–H groups in total. The molecule has 0 saturated carbocycles. The fourth-order valence-electron chi connectivity index (χ4n) is 10.1. The molecule has 0 amide bonds. The standard InChI is InChI=1S/C29H28.C27H24.C15H16.16C2H6/c1-28(2,23-13-7-4-8-14-23)24-19-21-27(22-20-24)29(3,25-15-9-5-10-16-25)26-17-11-6-12-18-26;1-5-13-22(14-6-1)26(23-15-7-2-8-16-23)21-27(24-17-9-3-10-18-24)25-19-11-4-12-20-25;1-15(2,13-9-5-3-6-10-13)14-11-7-4-8-12-14;16*1-2/h4-22H,1-3H3;1-20,26-27H,21H2;3-12H,1-2H3;16*1-2H3. The number of benzene rings is 10. The summed E-state index contributed by atoms with van der Waals surface area (Å²) in [5, 5.41) is 0. The third-order valence-corrected chi connectivity index (χ3v) is 14.7. The molecule has 10 aromatic carbocycles. The first-order chi connectivity index (χ1) is 50.7. The molecule has 0 heteroatoms. The van der Waals surface area contributed by atoms with Gasteiger partial charge in [-0.05, 0) is 74.5 Å². The summed E-state index contributed by atoms with van der Waals surface area (Å²) < 4.78 is 0. The van der Waals surface area contributed by atoms with Gasteiger partial charge in [-0.25, -0.2) is 0 Å². The highest BCUT2D eigenvalue weighted by molar-refractivity contribution is 5.51. The minimum absolute atomic E-state index is 0.0321. The fraction of sp³-hybridized carbons (Fsp3) is 0.417. The van der Waals surface area contributed by atoms with Crippen molar-refractivity contribution in [1.82, 2.24) is 0 Å². The Morgan fingerprint density at radius 1 is 0.155 bits per heavy atom. The van der Waals surface area contributed by atoms with Crippen LogP contribution in [0.4, 0.5) is 0 Å². The molecular formula is C103H164.